The lowest BCUT2D eigenvalue weighted by Gasteiger charge is -2.36. The molecule has 0 heterocycles. The number of benzene rings is 2. The average Bonchev–Trinajstić information content (AvgIpc) is 2.62. The van der Waals surface area contributed by atoms with E-state index in [0.717, 1.165) is 23.3 Å². The lowest BCUT2D eigenvalue weighted by molar-refractivity contribution is -0.157. The third-order valence-corrected chi connectivity index (χ3v) is 4.92. The van der Waals surface area contributed by atoms with Crippen LogP contribution in [0.5, 0.6) is 5.75 Å². The molecule has 0 aromatic heterocycles. The van der Waals surface area contributed by atoms with Crippen LogP contribution in [0.15, 0.2) is 54.6 Å². The van der Waals surface area contributed by atoms with Crippen molar-refractivity contribution in [1.29, 1.82) is 0 Å². The zero-order chi connectivity index (χ0) is 18.4. The van der Waals surface area contributed by atoms with Crippen LogP contribution in [0.4, 0.5) is 0 Å². The van der Waals surface area contributed by atoms with E-state index in [1.165, 1.54) is 0 Å². The number of amides is 1. The van der Waals surface area contributed by atoms with E-state index in [4.69, 9.17) is 4.74 Å². The fourth-order valence-corrected chi connectivity index (χ4v) is 3.08. The van der Waals surface area contributed by atoms with Gasteiger partial charge in [0, 0.05) is 13.0 Å². The molecule has 5 heteroatoms. The van der Waals surface area contributed by atoms with Crippen molar-refractivity contribution >= 4 is 11.9 Å². The minimum absolute atomic E-state index is 0.0562. The van der Waals surface area contributed by atoms with Crippen LogP contribution in [0.25, 0.3) is 0 Å². The highest BCUT2D eigenvalue weighted by Crippen LogP contribution is 2.44. The standard InChI is InChI=1S/C21H23NO4/c23-19(13-21(20(24)25)11-4-12-21)22-14-16-7-9-18(10-8-16)26-15-17-5-2-1-3-6-17/h1-3,5-10H,4,11-15H2,(H,22,23)(H,24,25). The number of carbonyl (C=O) groups is 2. The third-order valence-electron chi connectivity index (χ3n) is 4.92. The molecular weight excluding hydrogens is 330 g/mol. The zero-order valence-corrected chi connectivity index (χ0v) is 14.6. The van der Waals surface area contributed by atoms with Gasteiger partial charge in [-0.15, -0.1) is 0 Å². The minimum atomic E-state index is -0.862. The van der Waals surface area contributed by atoms with Gasteiger partial charge in [0.2, 0.25) is 5.91 Å². The number of rotatable bonds is 8. The molecule has 1 saturated carbocycles. The lowest BCUT2D eigenvalue weighted by Crippen LogP contribution is -2.42. The molecule has 1 fully saturated rings. The third kappa shape index (κ3) is 4.42. The van der Waals surface area contributed by atoms with Crippen molar-refractivity contribution in [2.24, 2.45) is 5.41 Å². The van der Waals surface area contributed by atoms with Crippen LogP contribution in [0.1, 0.15) is 36.8 Å². The van der Waals surface area contributed by atoms with Crippen LogP contribution in [0, 0.1) is 5.41 Å². The molecule has 0 saturated heterocycles. The minimum Gasteiger partial charge on any atom is -0.489 e. The van der Waals surface area contributed by atoms with Gasteiger partial charge in [0.25, 0.3) is 0 Å². The summed E-state index contributed by atoms with van der Waals surface area (Å²) in [4.78, 5) is 23.4. The molecule has 2 aromatic rings. The number of aliphatic carboxylic acids is 1. The Morgan fingerprint density at radius 2 is 1.69 bits per heavy atom. The van der Waals surface area contributed by atoms with Crippen molar-refractivity contribution in [3.05, 3.63) is 65.7 Å². The monoisotopic (exact) mass is 353 g/mol. The Labute approximate surface area is 153 Å². The topological polar surface area (TPSA) is 75.6 Å². The number of ether oxygens (including phenoxy) is 1. The van der Waals surface area contributed by atoms with Crippen LogP contribution < -0.4 is 10.1 Å². The van der Waals surface area contributed by atoms with Gasteiger partial charge in [-0.05, 0) is 36.1 Å². The van der Waals surface area contributed by atoms with Gasteiger partial charge in [-0.25, -0.2) is 0 Å². The Kier molecular flexibility index (Phi) is 5.56. The number of carboxylic acid groups (broad SMARTS) is 1. The van der Waals surface area contributed by atoms with E-state index in [-0.39, 0.29) is 12.3 Å². The maximum Gasteiger partial charge on any atom is 0.310 e. The predicted octanol–water partition coefficient (Wildman–Crippen LogP) is 3.53. The molecule has 26 heavy (non-hydrogen) atoms. The molecule has 136 valence electrons. The van der Waals surface area contributed by atoms with E-state index < -0.39 is 11.4 Å². The lowest BCUT2D eigenvalue weighted by atomic mass is 9.66. The van der Waals surface area contributed by atoms with Gasteiger partial charge in [0.1, 0.15) is 12.4 Å². The van der Waals surface area contributed by atoms with Crippen molar-refractivity contribution in [3.8, 4) is 5.75 Å². The Balaban J connectivity index is 1.45. The molecule has 0 bridgehead atoms. The van der Waals surface area contributed by atoms with E-state index >= 15 is 0 Å². The number of hydrogen-bond acceptors (Lipinski definition) is 3. The first-order valence-corrected chi connectivity index (χ1v) is 8.83. The molecule has 2 aromatic carbocycles. The maximum absolute atomic E-state index is 12.1. The fraction of sp³-hybridized carbons (Fsp3) is 0.333. The van der Waals surface area contributed by atoms with Gasteiger partial charge in [-0.2, -0.15) is 0 Å². The van der Waals surface area contributed by atoms with E-state index in [0.29, 0.717) is 26.0 Å². The molecule has 0 radical (unpaired) electrons. The summed E-state index contributed by atoms with van der Waals surface area (Å²) in [6.45, 7) is 0.891. The number of hydrogen-bond donors (Lipinski definition) is 2. The normalized spacial score (nSPS) is 14.9. The van der Waals surface area contributed by atoms with Crippen molar-refractivity contribution in [3.63, 3.8) is 0 Å². The summed E-state index contributed by atoms with van der Waals surface area (Å²) in [6, 6.07) is 17.5. The van der Waals surface area contributed by atoms with Gasteiger partial charge in [0.15, 0.2) is 0 Å². The molecular formula is C21H23NO4. The SMILES string of the molecule is O=C(CC1(C(=O)O)CCC1)NCc1ccc(OCc2ccccc2)cc1. The first-order valence-electron chi connectivity index (χ1n) is 8.83. The smallest absolute Gasteiger partial charge is 0.310 e. The Morgan fingerprint density at radius 1 is 1.00 bits per heavy atom. The van der Waals surface area contributed by atoms with Gasteiger partial charge < -0.3 is 15.2 Å². The first-order chi connectivity index (χ1) is 12.6. The second-order valence-corrected chi connectivity index (χ2v) is 6.81. The van der Waals surface area contributed by atoms with E-state index in [9.17, 15) is 14.7 Å². The summed E-state index contributed by atoms with van der Waals surface area (Å²) in [5.41, 5.74) is 1.20. The largest absolute Gasteiger partial charge is 0.489 e. The number of carboxylic acids is 1. The van der Waals surface area contributed by atoms with Crippen molar-refractivity contribution < 1.29 is 19.4 Å². The van der Waals surface area contributed by atoms with Crippen LogP contribution in [0.3, 0.4) is 0 Å². The molecule has 0 unspecified atom stereocenters. The molecule has 0 aliphatic heterocycles. The fourth-order valence-electron chi connectivity index (χ4n) is 3.08. The summed E-state index contributed by atoms with van der Waals surface area (Å²) in [6.07, 6.45) is 2.11. The number of carbonyl (C=O) groups excluding carboxylic acids is 1. The van der Waals surface area contributed by atoms with E-state index in [1.54, 1.807) is 0 Å². The molecule has 3 rings (SSSR count). The molecule has 1 aliphatic rings. The molecule has 5 nitrogen and oxygen atoms in total. The highest BCUT2D eigenvalue weighted by molar-refractivity contribution is 5.85. The Bertz CT molecular complexity index is 751. The number of nitrogens with one attached hydrogen (secondary N) is 1. The van der Waals surface area contributed by atoms with Crippen molar-refractivity contribution in [1.82, 2.24) is 5.32 Å². The molecule has 0 atom stereocenters. The quantitative estimate of drug-likeness (QED) is 0.761. The summed E-state index contributed by atoms with van der Waals surface area (Å²) in [7, 11) is 0. The van der Waals surface area contributed by atoms with Gasteiger partial charge >= 0.3 is 5.97 Å². The van der Waals surface area contributed by atoms with Crippen LogP contribution in [-0.2, 0) is 22.7 Å². The van der Waals surface area contributed by atoms with Crippen molar-refractivity contribution in [2.45, 2.75) is 38.8 Å². The van der Waals surface area contributed by atoms with Gasteiger partial charge in [0.05, 0.1) is 5.41 Å². The Hall–Kier alpha value is -2.82. The average molecular weight is 353 g/mol. The summed E-state index contributed by atoms with van der Waals surface area (Å²) in [5.74, 6) is -0.307. The highest BCUT2D eigenvalue weighted by atomic mass is 16.5. The molecule has 1 aliphatic carbocycles. The van der Waals surface area contributed by atoms with E-state index in [1.807, 2.05) is 54.6 Å². The summed E-state index contributed by atoms with van der Waals surface area (Å²) in [5, 5.41) is 12.1. The maximum atomic E-state index is 12.1. The zero-order valence-electron chi connectivity index (χ0n) is 14.6. The van der Waals surface area contributed by atoms with Crippen molar-refractivity contribution in [2.75, 3.05) is 0 Å². The molecule has 2 N–H and O–H groups in total. The summed E-state index contributed by atoms with van der Waals surface area (Å²) >= 11 is 0. The van der Waals surface area contributed by atoms with Crippen LogP contribution >= 0.6 is 0 Å². The molecule has 1 amide bonds. The second-order valence-electron chi connectivity index (χ2n) is 6.81. The van der Waals surface area contributed by atoms with E-state index in [2.05, 4.69) is 5.32 Å². The van der Waals surface area contributed by atoms with Crippen LogP contribution in [-0.4, -0.2) is 17.0 Å². The summed E-state index contributed by atoms with van der Waals surface area (Å²) < 4.78 is 5.73. The highest BCUT2D eigenvalue weighted by Gasteiger charge is 2.45. The van der Waals surface area contributed by atoms with Crippen LogP contribution in [0.2, 0.25) is 0 Å². The van der Waals surface area contributed by atoms with Gasteiger partial charge in [-0.1, -0.05) is 48.9 Å². The molecule has 0 spiro atoms. The second kappa shape index (κ2) is 8.04. The predicted molar refractivity (Wildman–Crippen MR) is 97.6 cm³/mol. The van der Waals surface area contributed by atoms with Gasteiger partial charge in [-0.3, -0.25) is 9.59 Å². The first kappa shape index (κ1) is 18.0. The Morgan fingerprint density at radius 3 is 2.27 bits per heavy atom.